The topological polar surface area (TPSA) is 37.8 Å². The highest BCUT2D eigenvalue weighted by molar-refractivity contribution is 14.1. The van der Waals surface area contributed by atoms with Crippen LogP contribution in [0.1, 0.15) is 24.7 Å². The summed E-state index contributed by atoms with van der Waals surface area (Å²) >= 11 is 2.15. The maximum absolute atomic E-state index is 13.1. The van der Waals surface area contributed by atoms with Crippen LogP contribution in [0.5, 0.6) is 0 Å². The molecule has 0 unspecified atom stereocenters. The van der Waals surface area contributed by atoms with Gasteiger partial charge in [0.1, 0.15) is 23.3 Å². The normalized spacial score (nSPS) is 10.6. The molecule has 2 rings (SSSR count). The number of nitrogens with one attached hydrogen (secondary N) is 1. The highest BCUT2D eigenvalue weighted by Gasteiger charge is 2.07. The van der Waals surface area contributed by atoms with Gasteiger partial charge in [0.15, 0.2) is 0 Å². The van der Waals surface area contributed by atoms with E-state index in [1.807, 2.05) is 0 Å². The van der Waals surface area contributed by atoms with E-state index in [1.54, 1.807) is 6.20 Å². The smallest absolute Gasteiger partial charge is 0.143 e. The van der Waals surface area contributed by atoms with Gasteiger partial charge in [0, 0.05) is 25.2 Å². The van der Waals surface area contributed by atoms with E-state index >= 15 is 0 Å². The molecular weight excluding hydrogens is 375 g/mol. The van der Waals surface area contributed by atoms with Crippen molar-refractivity contribution < 1.29 is 8.78 Å². The molecule has 1 N–H and O–H groups in total. The van der Waals surface area contributed by atoms with Crippen LogP contribution in [0.2, 0.25) is 0 Å². The molecule has 0 spiro atoms. The summed E-state index contributed by atoms with van der Waals surface area (Å²) in [6, 6.07) is 3.44. The molecule has 0 fully saturated rings. The number of hydrogen-bond acceptors (Lipinski definition) is 3. The SMILES string of the molecule is CCCNc1nc(Cc2cc(F)cc(F)c2)ncc1I. The van der Waals surface area contributed by atoms with Crippen LogP contribution in [0.4, 0.5) is 14.6 Å². The van der Waals surface area contributed by atoms with Crippen molar-refractivity contribution in [1.82, 2.24) is 9.97 Å². The van der Waals surface area contributed by atoms with E-state index in [4.69, 9.17) is 0 Å². The lowest BCUT2D eigenvalue weighted by molar-refractivity contribution is 0.580. The fourth-order valence-corrected chi connectivity index (χ4v) is 2.20. The van der Waals surface area contributed by atoms with Crippen molar-refractivity contribution in [2.24, 2.45) is 0 Å². The Morgan fingerprint density at radius 1 is 1.20 bits per heavy atom. The van der Waals surface area contributed by atoms with E-state index in [2.05, 4.69) is 44.8 Å². The number of nitrogens with zero attached hydrogens (tertiary/aromatic N) is 2. The molecule has 1 heterocycles. The van der Waals surface area contributed by atoms with E-state index in [-0.39, 0.29) is 0 Å². The third-order valence-corrected chi connectivity index (χ3v) is 3.41. The van der Waals surface area contributed by atoms with Crippen molar-refractivity contribution in [3.8, 4) is 0 Å². The summed E-state index contributed by atoms with van der Waals surface area (Å²) < 4.78 is 27.2. The fraction of sp³-hybridized carbons (Fsp3) is 0.286. The van der Waals surface area contributed by atoms with Gasteiger partial charge < -0.3 is 5.32 Å². The molecule has 1 aromatic heterocycles. The third kappa shape index (κ3) is 4.09. The van der Waals surface area contributed by atoms with E-state index in [9.17, 15) is 8.78 Å². The second-order valence-electron chi connectivity index (χ2n) is 4.36. The number of hydrogen-bond donors (Lipinski definition) is 1. The van der Waals surface area contributed by atoms with Crippen LogP contribution in [0.15, 0.2) is 24.4 Å². The second-order valence-corrected chi connectivity index (χ2v) is 5.53. The summed E-state index contributed by atoms with van der Waals surface area (Å²) in [5.41, 5.74) is 0.519. The monoisotopic (exact) mass is 389 g/mol. The van der Waals surface area contributed by atoms with Crippen LogP contribution < -0.4 is 5.32 Å². The average molecular weight is 389 g/mol. The standard InChI is InChI=1S/C14H14F2IN3/c1-2-3-18-14-12(17)8-19-13(20-14)6-9-4-10(15)7-11(16)5-9/h4-5,7-8H,2-3,6H2,1H3,(H,18,19,20). The molecule has 0 saturated carbocycles. The zero-order valence-electron chi connectivity index (χ0n) is 11.0. The van der Waals surface area contributed by atoms with Gasteiger partial charge in [-0.1, -0.05) is 6.92 Å². The Hall–Kier alpha value is -1.31. The maximum atomic E-state index is 13.1. The molecule has 3 nitrogen and oxygen atoms in total. The Bertz CT molecular complexity index is 585. The van der Waals surface area contributed by atoms with Crippen molar-refractivity contribution >= 4 is 28.4 Å². The van der Waals surface area contributed by atoms with Gasteiger partial charge >= 0.3 is 0 Å². The Labute approximate surface area is 130 Å². The van der Waals surface area contributed by atoms with Crippen LogP contribution in [0.3, 0.4) is 0 Å². The molecule has 0 amide bonds. The van der Waals surface area contributed by atoms with Crippen molar-refractivity contribution in [3.63, 3.8) is 0 Å². The predicted octanol–water partition coefficient (Wildman–Crippen LogP) is 3.77. The van der Waals surface area contributed by atoms with E-state index in [1.165, 1.54) is 12.1 Å². The minimum absolute atomic E-state index is 0.298. The minimum atomic E-state index is -0.588. The molecule has 106 valence electrons. The molecule has 0 aliphatic heterocycles. The number of halogens is 3. The fourth-order valence-electron chi connectivity index (χ4n) is 1.75. The van der Waals surface area contributed by atoms with Gasteiger partial charge in [-0.25, -0.2) is 18.7 Å². The van der Waals surface area contributed by atoms with Crippen LogP contribution in [0, 0.1) is 15.2 Å². The Balaban J connectivity index is 2.20. The number of aromatic nitrogens is 2. The van der Waals surface area contributed by atoms with E-state index in [0.717, 1.165) is 28.4 Å². The van der Waals surface area contributed by atoms with Gasteiger partial charge in [0.05, 0.1) is 3.57 Å². The molecule has 6 heteroatoms. The first-order chi connectivity index (χ1) is 9.58. The first-order valence-electron chi connectivity index (χ1n) is 6.28. The zero-order chi connectivity index (χ0) is 14.5. The van der Waals surface area contributed by atoms with Gasteiger partial charge in [0.2, 0.25) is 0 Å². The number of rotatable bonds is 5. The molecule has 0 atom stereocenters. The quantitative estimate of drug-likeness (QED) is 0.792. The summed E-state index contributed by atoms with van der Waals surface area (Å²) in [5, 5.41) is 3.20. The number of anilines is 1. The van der Waals surface area contributed by atoms with Crippen LogP contribution in [0.25, 0.3) is 0 Å². The lowest BCUT2D eigenvalue weighted by Crippen LogP contribution is -2.07. The van der Waals surface area contributed by atoms with Crippen LogP contribution in [-0.2, 0) is 6.42 Å². The predicted molar refractivity (Wildman–Crippen MR) is 82.7 cm³/mol. The molecule has 0 aliphatic rings. The lowest BCUT2D eigenvalue weighted by Gasteiger charge is -2.08. The minimum Gasteiger partial charge on any atom is -0.369 e. The molecular formula is C14H14F2IN3. The van der Waals surface area contributed by atoms with Gasteiger partial charge in [-0.2, -0.15) is 0 Å². The Kier molecular flexibility index (Phi) is 5.22. The van der Waals surface area contributed by atoms with Crippen LogP contribution >= 0.6 is 22.6 Å². The Morgan fingerprint density at radius 3 is 2.55 bits per heavy atom. The summed E-state index contributed by atoms with van der Waals surface area (Å²) in [7, 11) is 0. The zero-order valence-corrected chi connectivity index (χ0v) is 13.1. The van der Waals surface area contributed by atoms with Crippen LogP contribution in [-0.4, -0.2) is 16.5 Å². The lowest BCUT2D eigenvalue weighted by atomic mass is 10.1. The van der Waals surface area contributed by atoms with Gasteiger partial charge in [-0.05, 0) is 46.7 Å². The number of benzene rings is 1. The summed E-state index contributed by atoms with van der Waals surface area (Å²) in [5.74, 6) is 0.119. The van der Waals surface area contributed by atoms with Crippen molar-refractivity contribution in [1.29, 1.82) is 0 Å². The molecule has 2 aromatic rings. The highest BCUT2D eigenvalue weighted by Crippen LogP contribution is 2.16. The second kappa shape index (κ2) is 6.92. The Morgan fingerprint density at radius 2 is 1.90 bits per heavy atom. The summed E-state index contributed by atoms with van der Waals surface area (Å²) in [4.78, 5) is 8.59. The molecule has 0 aliphatic carbocycles. The van der Waals surface area contributed by atoms with E-state index in [0.29, 0.717) is 17.8 Å². The van der Waals surface area contributed by atoms with Crippen molar-refractivity contribution in [2.75, 3.05) is 11.9 Å². The molecule has 20 heavy (non-hydrogen) atoms. The maximum Gasteiger partial charge on any atom is 0.143 e. The van der Waals surface area contributed by atoms with Gasteiger partial charge in [-0.15, -0.1) is 0 Å². The molecule has 1 aromatic carbocycles. The molecule has 0 radical (unpaired) electrons. The van der Waals surface area contributed by atoms with E-state index < -0.39 is 11.6 Å². The molecule has 0 bridgehead atoms. The van der Waals surface area contributed by atoms with Gasteiger partial charge in [0.25, 0.3) is 0 Å². The molecule has 0 saturated heterocycles. The largest absolute Gasteiger partial charge is 0.369 e. The van der Waals surface area contributed by atoms with Crippen molar-refractivity contribution in [3.05, 3.63) is 51.0 Å². The summed E-state index contributed by atoms with van der Waals surface area (Å²) in [6.45, 7) is 2.89. The first-order valence-corrected chi connectivity index (χ1v) is 7.36. The average Bonchev–Trinajstić information content (AvgIpc) is 2.38. The highest BCUT2D eigenvalue weighted by atomic mass is 127. The van der Waals surface area contributed by atoms with Crippen molar-refractivity contribution in [2.45, 2.75) is 19.8 Å². The first kappa shape index (κ1) is 15.1. The summed E-state index contributed by atoms with van der Waals surface area (Å²) in [6.07, 6.45) is 2.99. The third-order valence-electron chi connectivity index (χ3n) is 2.62. The van der Waals surface area contributed by atoms with Gasteiger partial charge in [-0.3, -0.25) is 0 Å².